The van der Waals surface area contributed by atoms with E-state index in [0.717, 1.165) is 7.11 Å². The summed E-state index contributed by atoms with van der Waals surface area (Å²) in [5.41, 5.74) is -0.484. The molecule has 0 bridgehead atoms. The molecular weight excluding hydrogens is 460 g/mol. The van der Waals surface area contributed by atoms with Crippen LogP contribution in [0.15, 0.2) is 12.2 Å². The van der Waals surface area contributed by atoms with Crippen LogP contribution in [0.25, 0.3) is 0 Å². The van der Waals surface area contributed by atoms with Gasteiger partial charge in [-0.25, -0.2) is 4.79 Å². The number of carbonyl (C=O) groups excluding carboxylic acids is 3. The van der Waals surface area contributed by atoms with Crippen molar-refractivity contribution in [2.45, 2.75) is 90.9 Å². The molecule has 202 valence electrons. The number of ether oxygens (including phenoxy) is 3. The van der Waals surface area contributed by atoms with Gasteiger partial charge in [-0.1, -0.05) is 53.7 Å². The van der Waals surface area contributed by atoms with E-state index in [1.54, 1.807) is 6.08 Å². The lowest BCUT2D eigenvalue weighted by molar-refractivity contribution is -0.150. The Balaban J connectivity index is 2.70. The van der Waals surface area contributed by atoms with Crippen molar-refractivity contribution < 1.29 is 43.9 Å². The molecule has 5 N–H and O–H groups in total. The minimum Gasteiger partial charge on any atom is -0.434 e. The van der Waals surface area contributed by atoms with Gasteiger partial charge in [-0.15, -0.1) is 0 Å². The molecule has 0 radical (unpaired) electrons. The standard InChI is InChI=1S/C24H42N2O9/c1-23(2,3)11-10-16(27)17(28)18(29)19(33-7)21(31)26-15-9-8-14(12-25-20(15)30)35-22(32)34-13-24(4,5)6/h10-11,14-19,27-29H,8-9,12-13H2,1-7H3,(H,25,30)(H,26,31)/b11-10+. The average Bonchev–Trinajstić information content (AvgIpc) is 2.91. The van der Waals surface area contributed by atoms with Crippen molar-refractivity contribution in [1.29, 1.82) is 0 Å². The van der Waals surface area contributed by atoms with Crippen LogP contribution in [0.5, 0.6) is 0 Å². The summed E-state index contributed by atoms with van der Waals surface area (Å²) in [6.45, 7) is 11.6. The molecule has 35 heavy (non-hydrogen) atoms. The van der Waals surface area contributed by atoms with Crippen LogP contribution in [0.2, 0.25) is 0 Å². The van der Waals surface area contributed by atoms with Crippen LogP contribution in [0.1, 0.15) is 54.4 Å². The van der Waals surface area contributed by atoms with Crippen molar-refractivity contribution in [3.05, 3.63) is 12.2 Å². The monoisotopic (exact) mass is 502 g/mol. The number of amides is 2. The maximum atomic E-state index is 12.7. The van der Waals surface area contributed by atoms with Crippen LogP contribution in [-0.4, -0.2) is 90.1 Å². The van der Waals surface area contributed by atoms with E-state index in [1.807, 2.05) is 41.5 Å². The molecule has 1 fully saturated rings. The number of aliphatic hydroxyl groups excluding tert-OH is 3. The molecule has 2 amide bonds. The normalized spacial score (nSPS) is 23.0. The Kier molecular flexibility index (Phi) is 11.6. The van der Waals surface area contributed by atoms with E-state index in [-0.39, 0.29) is 36.8 Å². The second-order valence-electron chi connectivity index (χ2n) is 11.1. The fraction of sp³-hybridized carbons (Fsp3) is 0.792. The molecule has 11 nitrogen and oxygen atoms in total. The lowest BCUT2D eigenvalue weighted by Crippen LogP contribution is -2.55. The SMILES string of the molecule is COC(C(=O)NC1CCC(OC(=O)OCC(C)(C)C)CNC1=O)C(O)C(O)C(O)/C=C/C(C)(C)C. The number of hydrogen-bond donors (Lipinski definition) is 5. The van der Waals surface area contributed by atoms with Crippen molar-refractivity contribution in [3.63, 3.8) is 0 Å². The average molecular weight is 503 g/mol. The Bertz CT molecular complexity index is 742. The molecule has 0 aromatic heterocycles. The molecule has 6 atom stereocenters. The van der Waals surface area contributed by atoms with Gasteiger partial charge in [0.1, 0.15) is 30.5 Å². The van der Waals surface area contributed by atoms with Crippen LogP contribution in [0, 0.1) is 10.8 Å². The highest BCUT2D eigenvalue weighted by atomic mass is 16.7. The minimum absolute atomic E-state index is 0.0527. The Hall–Kier alpha value is -2.21. The first kappa shape index (κ1) is 30.8. The Labute approximate surface area is 207 Å². The summed E-state index contributed by atoms with van der Waals surface area (Å²) in [6.07, 6.45) is -4.49. The van der Waals surface area contributed by atoms with E-state index in [0.29, 0.717) is 0 Å². The number of nitrogens with one attached hydrogen (secondary N) is 2. The second kappa shape index (κ2) is 13.2. The third kappa shape index (κ3) is 11.4. The van der Waals surface area contributed by atoms with E-state index in [9.17, 15) is 29.7 Å². The van der Waals surface area contributed by atoms with Crippen molar-refractivity contribution >= 4 is 18.0 Å². The van der Waals surface area contributed by atoms with Crippen LogP contribution in [0.3, 0.4) is 0 Å². The largest absolute Gasteiger partial charge is 0.508 e. The molecule has 11 heteroatoms. The number of aliphatic hydroxyl groups is 3. The summed E-state index contributed by atoms with van der Waals surface area (Å²) in [6, 6.07) is -0.977. The molecule has 0 aromatic carbocycles. The molecule has 0 aliphatic carbocycles. The Morgan fingerprint density at radius 1 is 1.11 bits per heavy atom. The maximum Gasteiger partial charge on any atom is 0.508 e. The molecule has 1 aliphatic rings. The zero-order valence-corrected chi connectivity index (χ0v) is 21.7. The molecule has 0 spiro atoms. The second-order valence-corrected chi connectivity index (χ2v) is 11.1. The first-order chi connectivity index (χ1) is 16.0. The molecular formula is C24H42N2O9. The van der Waals surface area contributed by atoms with Gasteiger partial charge in [-0.2, -0.15) is 0 Å². The van der Waals surface area contributed by atoms with E-state index < -0.39 is 54.5 Å². The van der Waals surface area contributed by atoms with Gasteiger partial charge in [0.15, 0.2) is 6.10 Å². The zero-order valence-electron chi connectivity index (χ0n) is 21.7. The summed E-state index contributed by atoms with van der Waals surface area (Å²) >= 11 is 0. The summed E-state index contributed by atoms with van der Waals surface area (Å²) < 4.78 is 15.4. The lowest BCUT2D eigenvalue weighted by atomic mass is 9.94. The van der Waals surface area contributed by atoms with Gasteiger partial charge in [0, 0.05) is 7.11 Å². The van der Waals surface area contributed by atoms with Gasteiger partial charge in [0.05, 0.1) is 13.2 Å². The smallest absolute Gasteiger partial charge is 0.434 e. The maximum absolute atomic E-state index is 12.7. The highest BCUT2D eigenvalue weighted by Crippen LogP contribution is 2.18. The molecule has 1 rings (SSSR count). The van der Waals surface area contributed by atoms with Crippen molar-refractivity contribution in [1.82, 2.24) is 10.6 Å². The topological polar surface area (TPSA) is 164 Å². The Morgan fingerprint density at radius 2 is 1.74 bits per heavy atom. The zero-order chi connectivity index (χ0) is 27.0. The summed E-state index contributed by atoms with van der Waals surface area (Å²) in [5.74, 6) is -1.33. The van der Waals surface area contributed by atoms with E-state index in [1.165, 1.54) is 6.08 Å². The summed E-state index contributed by atoms with van der Waals surface area (Å²) in [5, 5.41) is 36.0. The third-order valence-corrected chi connectivity index (χ3v) is 5.12. The molecule has 0 aromatic rings. The minimum atomic E-state index is -1.76. The van der Waals surface area contributed by atoms with Gasteiger partial charge < -0.3 is 40.2 Å². The van der Waals surface area contributed by atoms with Gasteiger partial charge in [-0.3, -0.25) is 9.59 Å². The summed E-state index contributed by atoms with van der Waals surface area (Å²) in [7, 11) is 1.16. The van der Waals surface area contributed by atoms with Crippen LogP contribution in [-0.2, 0) is 23.8 Å². The van der Waals surface area contributed by atoms with Gasteiger partial charge in [0.2, 0.25) is 5.91 Å². The third-order valence-electron chi connectivity index (χ3n) is 5.12. The van der Waals surface area contributed by atoms with Gasteiger partial charge in [-0.05, 0) is 23.7 Å². The first-order valence-electron chi connectivity index (χ1n) is 11.7. The number of rotatable bonds is 9. The fourth-order valence-electron chi connectivity index (χ4n) is 3.14. The van der Waals surface area contributed by atoms with Gasteiger partial charge in [0.25, 0.3) is 5.91 Å². The van der Waals surface area contributed by atoms with E-state index >= 15 is 0 Å². The van der Waals surface area contributed by atoms with Crippen LogP contribution >= 0.6 is 0 Å². The first-order valence-corrected chi connectivity index (χ1v) is 11.7. The molecule has 6 unspecified atom stereocenters. The van der Waals surface area contributed by atoms with Crippen LogP contribution in [0.4, 0.5) is 4.79 Å². The van der Waals surface area contributed by atoms with Crippen molar-refractivity contribution in [2.24, 2.45) is 10.8 Å². The predicted molar refractivity (Wildman–Crippen MR) is 127 cm³/mol. The number of carbonyl (C=O) groups is 3. The fourth-order valence-corrected chi connectivity index (χ4v) is 3.14. The van der Waals surface area contributed by atoms with Crippen LogP contribution < -0.4 is 10.6 Å². The number of methoxy groups -OCH3 is 1. The lowest BCUT2D eigenvalue weighted by Gasteiger charge is -2.28. The highest BCUT2D eigenvalue weighted by molar-refractivity contribution is 5.89. The highest BCUT2D eigenvalue weighted by Gasteiger charge is 2.37. The van der Waals surface area contributed by atoms with E-state index in [4.69, 9.17) is 14.2 Å². The van der Waals surface area contributed by atoms with Gasteiger partial charge >= 0.3 is 6.16 Å². The summed E-state index contributed by atoms with van der Waals surface area (Å²) in [4.78, 5) is 37.1. The van der Waals surface area contributed by atoms with Crippen molar-refractivity contribution in [2.75, 3.05) is 20.3 Å². The number of hydrogen-bond acceptors (Lipinski definition) is 9. The molecule has 1 saturated heterocycles. The predicted octanol–water partition coefficient (Wildman–Crippen LogP) is 0.649. The Morgan fingerprint density at radius 3 is 2.29 bits per heavy atom. The molecule has 1 aliphatic heterocycles. The molecule has 1 heterocycles. The number of allylic oxidation sites excluding steroid dienone is 1. The molecule has 0 saturated carbocycles. The van der Waals surface area contributed by atoms with E-state index in [2.05, 4.69) is 10.6 Å². The quantitative estimate of drug-likeness (QED) is 0.225. The van der Waals surface area contributed by atoms with Crippen molar-refractivity contribution in [3.8, 4) is 0 Å².